The minimum atomic E-state index is 0.397. The van der Waals surface area contributed by atoms with E-state index in [0.717, 1.165) is 10.0 Å². The number of rotatable bonds is 4. The lowest BCUT2D eigenvalue weighted by Crippen LogP contribution is -1.98. The fraction of sp³-hybridized carbons (Fsp3) is 0.0714. The molecule has 0 fully saturated rings. The summed E-state index contributed by atoms with van der Waals surface area (Å²) >= 11 is 9.27. The van der Waals surface area contributed by atoms with Crippen LogP contribution in [0.3, 0.4) is 0 Å². The molecule has 0 aromatic heterocycles. The van der Waals surface area contributed by atoms with E-state index < -0.39 is 0 Å². The van der Waals surface area contributed by atoms with Crippen molar-refractivity contribution in [3.8, 4) is 5.75 Å². The third-order valence-electron chi connectivity index (χ3n) is 2.45. The molecule has 0 aliphatic rings. The van der Waals surface area contributed by atoms with Gasteiger partial charge in [0.25, 0.3) is 0 Å². The molecule has 0 unspecified atom stereocenters. The van der Waals surface area contributed by atoms with E-state index in [1.807, 2.05) is 42.5 Å². The maximum Gasteiger partial charge on any atom is 0.128 e. The van der Waals surface area contributed by atoms with Crippen molar-refractivity contribution >= 4 is 33.7 Å². The highest BCUT2D eigenvalue weighted by atomic mass is 79.9. The Kier molecular flexibility index (Phi) is 4.82. The second-order valence-corrected chi connectivity index (χ2v) is 5.20. The fourth-order valence-electron chi connectivity index (χ4n) is 1.60. The standard InChI is InChI=1S/C14H11BrClNO2/c15-12-4-5-14(11(7-12)8-17-18)19-9-10-2-1-3-13(16)6-10/h1-8,18H,9H2. The van der Waals surface area contributed by atoms with E-state index in [0.29, 0.717) is 22.9 Å². The lowest BCUT2D eigenvalue weighted by molar-refractivity contribution is 0.304. The van der Waals surface area contributed by atoms with Crippen LogP contribution < -0.4 is 4.74 Å². The molecule has 19 heavy (non-hydrogen) atoms. The highest BCUT2D eigenvalue weighted by molar-refractivity contribution is 9.10. The van der Waals surface area contributed by atoms with Crippen LogP contribution in [0.5, 0.6) is 5.75 Å². The number of nitrogens with zero attached hydrogens (tertiary/aromatic N) is 1. The first-order valence-corrected chi connectivity index (χ1v) is 6.70. The van der Waals surface area contributed by atoms with E-state index in [1.165, 1.54) is 6.21 Å². The van der Waals surface area contributed by atoms with Crippen LogP contribution in [0.25, 0.3) is 0 Å². The van der Waals surface area contributed by atoms with Crippen LogP contribution in [0.1, 0.15) is 11.1 Å². The Bertz CT molecular complexity index is 602. The number of hydrogen-bond acceptors (Lipinski definition) is 3. The summed E-state index contributed by atoms with van der Waals surface area (Å²) in [5.41, 5.74) is 1.67. The molecule has 0 aliphatic carbocycles. The summed E-state index contributed by atoms with van der Waals surface area (Å²) < 4.78 is 6.59. The average Bonchev–Trinajstić information content (AvgIpc) is 2.38. The molecule has 0 bridgehead atoms. The van der Waals surface area contributed by atoms with Crippen LogP contribution in [0.2, 0.25) is 5.02 Å². The lowest BCUT2D eigenvalue weighted by Gasteiger charge is -2.09. The molecular formula is C14H11BrClNO2. The molecule has 1 N–H and O–H groups in total. The van der Waals surface area contributed by atoms with Crippen molar-refractivity contribution in [2.75, 3.05) is 0 Å². The summed E-state index contributed by atoms with van der Waals surface area (Å²) in [7, 11) is 0. The van der Waals surface area contributed by atoms with Gasteiger partial charge in [-0.05, 0) is 35.9 Å². The molecule has 0 heterocycles. The van der Waals surface area contributed by atoms with Gasteiger partial charge in [0.2, 0.25) is 0 Å². The number of halogens is 2. The second kappa shape index (κ2) is 6.59. The van der Waals surface area contributed by atoms with Crippen LogP contribution in [0.15, 0.2) is 52.1 Å². The maximum absolute atomic E-state index is 8.64. The third kappa shape index (κ3) is 3.98. The topological polar surface area (TPSA) is 41.8 Å². The monoisotopic (exact) mass is 339 g/mol. The molecule has 0 saturated carbocycles. The highest BCUT2D eigenvalue weighted by Gasteiger charge is 2.04. The smallest absolute Gasteiger partial charge is 0.128 e. The molecule has 3 nitrogen and oxygen atoms in total. The summed E-state index contributed by atoms with van der Waals surface area (Å²) in [5, 5.41) is 12.3. The molecule has 0 saturated heterocycles. The molecular weight excluding hydrogens is 330 g/mol. The first kappa shape index (κ1) is 13.9. The van der Waals surface area contributed by atoms with Gasteiger partial charge in [0, 0.05) is 15.1 Å². The van der Waals surface area contributed by atoms with Crippen molar-refractivity contribution in [3.05, 3.63) is 63.1 Å². The van der Waals surface area contributed by atoms with Crippen LogP contribution in [-0.2, 0) is 6.61 Å². The summed E-state index contributed by atoms with van der Waals surface area (Å²) in [6, 6.07) is 13.0. The van der Waals surface area contributed by atoms with E-state index in [-0.39, 0.29) is 0 Å². The van der Waals surface area contributed by atoms with Crippen molar-refractivity contribution in [2.24, 2.45) is 5.16 Å². The molecule has 2 aromatic carbocycles. The van der Waals surface area contributed by atoms with Crippen LogP contribution in [0, 0.1) is 0 Å². The SMILES string of the molecule is ON=Cc1cc(Br)ccc1OCc1cccc(Cl)c1. The van der Waals surface area contributed by atoms with Gasteiger partial charge in [-0.15, -0.1) is 0 Å². The zero-order valence-corrected chi connectivity index (χ0v) is 12.2. The van der Waals surface area contributed by atoms with Gasteiger partial charge in [-0.2, -0.15) is 0 Å². The van der Waals surface area contributed by atoms with Crippen molar-refractivity contribution in [1.82, 2.24) is 0 Å². The van der Waals surface area contributed by atoms with Gasteiger partial charge in [0.15, 0.2) is 0 Å². The van der Waals surface area contributed by atoms with Gasteiger partial charge < -0.3 is 9.94 Å². The average molecular weight is 341 g/mol. The van der Waals surface area contributed by atoms with Gasteiger partial charge in [-0.1, -0.05) is 44.8 Å². The van der Waals surface area contributed by atoms with Gasteiger partial charge in [0.05, 0.1) is 6.21 Å². The Morgan fingerprint density at radius 1 is 1.26 bits per heavy atom. The summed E-state index contributed by atoms with van der Waals surface area (Å²) in [4.78, 5) is 0. The predicted molar refractivity (Wildman–Crippen MR) is 79.3 cm³/mol. The molecule has 2 rings (SSSR count). The van der Waals surface area contributed by atoms with Crippen molar-refractivity contribution in [3.63, 3.8) is 0 Å². The largest absolute Gasteiger partial charge is 0.488 e. The van der Waals surface area contributed by atoms with Gasteiger partial charge >= 0.3 is 0 Å². The molecule has 0 aliphatic heterocycles. The summed E-state index contributed by atoms with van der Waals surface area (Å²) in [5.74, 6) is 0.640. The van der Waals surface area contributed by atoms with Crippen molar-refractivity contribution in [1.29, 1.82) is 0 Å². The van der Waals surface area contributed by atoms with Crippen molar-refractivity contribution < 1.29 is 9.94 Å². The van der Waals surface area contributed by atoms with Crippen molar-refractivity contribution in [2.45, 2.75) is 6.61 Å². The van der Waals surface area contributed by atoms with E-state index in [2.05, 4.69) is 21.1 Å². The lowest BCUT2D eigenvalue weighted by atomic mass is 10.2. The minimum Gasteiger partial charge on any atom is -0.488 e. The van der Waals surface area contributed by atoms with Crippen LogP contribution >= 0.6 is 27.5 Å². The first-order valence-electron chi connectivity index (χ1n) is 5.53. The number of oxime groups is 1. The van der Waals surface area contributed by atoms with E-state index >= 15 is 0 Å². The molecule has 0 atom stereocenters. The Morgan fingerprint density at radius 2 is 2.11 bits per heavy atom. The first-order chi connectivity index (χ1) is 9.19. The van der Waals surface area contributed by atoms with Gasteiger partial charge in [-0.3, -0.25) is 0 Å². The number of hydrogen-bond donors (Lipinski definition) is 1. The fourth-order valence-corrected chi connectivity index (χ4v) is 2.19. The molecule has 0 amide bonds. The number of ether oxygens (including phenoxy) is 1. The number of benzene rings is 2. The quantitative estimate of drug-likeness (QED) is 0.506. The predicted octanol–water partition coefficient (Wildman–Crippen LogP) is 4.49. The molecule has 0 radical (unpaired) electrons. The highest BCUT2D eigenvalue weighted by Crippen LogP contribution is 2.23. The summed E-state index contributed by atoms with van der Waals surface area (Å²) in [6.07, 6.45) is 1.33. The maximum atomic E-state index is 8.64. The Hall–Kier alpha value is -1.52. The Labute approximate surface area is 124 Å². The third-order valence-corrected chi connectivity index (χ3v) is 3.18. The molecule has 5 heteroatoms. The molecule has 2 aromatic rings. The summed E-state index contributed by atoms with van der Waals surface area (Å²) in [6.45, 7) is 0.397. The van der Waals surface area contributed by atoms with Gasteiger partial charge in [0.1, 0.15) is 12.4 Å². The Balaban J connectivity index is 2.15. The van der Waals surface area contributed by atoms with E-state index in [1.54, 1.807) is 0 Å². The van der Waals surface area contributed by atoms with Crippen LogP contribution in [0.4, 0.5) is 0 Å². The normalized spacial score (nSPS) is 10.8. The zero-order chi connectivity index (χ0) is 13.7. The minimum absolute atomic E-state index is 0.397. The Morgan fingerprint density at radius 3 is 2.84 bits per heavy atom. The molecule has 98 valence electrons. The van der Waals surface area contributed by atoms with E-state index in [9.17, 15) is 0 Å². The van der Waals surface area contributed by atoms with Gasteiger partial charge in [-0.25, -0.2) is 0 Å². The van der Waals surface area contributed by atoms with E-state index in [4.69, 9.17) is 21.5 Å². The molecule has 0 spiro atoms. The second-order valence-electron chi connectivity index (χ2n) is 3.85. The zero-order valence-electron chi connectivity index (χ0n) is 9.88. The van der Waals surface area contributed by atoms with Crippen LogP contribution in [-0.4, -0.2) is 11.4 Å².